The molecule has 0 saturated heterocycles. The molecule has 1 aromatic heterocycles. The van der Waals surface area contributed by atoms with Crippen LogP contribution in [0.5, 0.6) is 0 Å². The largest absolute Gasteiger partial charge is 0.382 e. The van der Waals surface area contributed by atoms with Gasteiger partial charge in [-0.2, -0.15) is 0 Å². The summed E-state index contributed by atoms with van der Waals surface area (Å²) in [5.41, 5.74) is 2.13. The van der Waals surface area contributed by atoms with Gasteiger partial charge < -0.3 is 9.67 Å². The number of aryl methyl sites for hydroxylation is 1. The summed E-state index contributed by atoms with van der Waals surface area (Å²) in [5.74, 6) is 0. The van der Waals surface area contributed by atoms with Crippen LogP contribution in [0.3, 0.4) is 0 Å². The van der Waals surface area contributed by atoms with E-state index in [-0.39, 0.29) is 0 Å². The molecule has 1 heterocycles. The maximum atomic E-state index is 10.4. The van der Waals surface area contributed by atoms with E-state index in [4.69, 9.17) is 0 Å². The van der Waals surface area contributed by atoms with Crippen LogP contribution in [0.15, 0.2) is 24.2 Å². The topological polar surface area (TPSA) is 38.0 Å². The van der Waals surface area contributed by atoms with Crippen molar-refractivity contribution in [3.63, 3.8) is 0 Å². The van der Waals surface area contributed by atoms with Crippen molar-refractivity contribution in [3.05, 3.63) is 29.9 Å². The average molecular weight is 234 g/mol. The molecule has 0 radical (unpaired) electrons. The van der Waals surface area contributed by atoms with Crippen molar-refractivity contribution >= 4 is 0 Å². The van der Waals surface area contributed by atoms with E-state index in [9.17, 15) is 5.11 Å². The first-order valence-electron chi connectivity index (χ1n) is 6.70. The highest BCUT2D eigenvalue weighted by atomic mass is 16.3. The Morgan fingerprint density at radius 1 is 1.41 bits per heavy atom. The fourth-order valence-electron chi connectivity index (χ4n) is 2.46. The van der Waals surface area contributed by atoms with E-state index in [0.29, 0.717) is 0 Å². The molecule has 1 unspecified atom stereocenters. The lowest BCUT2D eigenvalue weighted by Crippen LogP contribution is -2.09. The summed E-state index contributed by atoms with van der Waals surface area (Å²) in [7, 11) is 0. The van der Waals surface area contributed by atoms with Gasteiger partial charge in [-0.15, -0.1) is 0 Å². The second kappa shape index (κ2) is 6.01. The number of hydrogen-bond donors (Lipinski definition) is 1. The fourth-order valence-corrected chi connectivity index (χ4v) is 2.46. The lowest BCUT2D eigenvalue weighted by molar-refractivity contribution is 0.200. The molecule has 1 aliphatic carbocycles. The lowest BCUT2D eigenvalue weighted by atomic mass is 10.0. The maximum Gasteiger partial charge on any atom is 0.117 e. The second-order valence-corrected chi connectivity index (χ2v) is 4.79. The molecule has 1 atom stereocenters. The predicted molar refractivity (Wildman–Crippen MR) is 68.6 cm³/mol. The van der Waals surface area contributed by atoms with Gasteiger partial charge >= 0.3 is 0 Å². The van der Waals surface area contributed by atoms with Gasteiger partial charge in [0.05, 0.1) is 18.2 Å². The van der Waals surface area contributed by atoms with Crippen molar-refractivity contribution in [3.8, 4) is 0 Å². The normalized spacial score (nSPS) is 18.6. The third kappa shape index (κ3) is 2.97. The van der Waals surface area contributed by atoms with E-state index >= 15 is 0 Å². The maximum absolute atomic E-state index is 10.4. The molecule has 0 saturated carbocycles. The van der Waals surface area contributed by atoms with Crippen molar-refractivity contribution in [2.24, 2.45) is 0 Å². The monoisotopic (exact) mass is 234 g/mol. The zero-order valence-corrected chi connectivity index (χ0v) is 10.6. The third-order valence-electron chi connectivity index (χ3n) is 3.42. The molecule has 2 rings (SSSR count). The molecule has 0 aromatic carbocycles. The van der Waals surface area contributed by atoms with Gasteiger partial charge in [0.15, 0.2) is 0 Å². The molecule has 0 bridgehead atoms. The van der Waals surface area contributed by atoms with Gasteiger partial charge in [0.2, 0.25) is 0 Å². The molecule has 0 spiro atoms. The first-order chi connectivity index (χ1) is 8.33. The molecule has 0 aliphatic heterocycles. The van der Waals surface area contributed by atoms with Crippen LogP contribution in [0, 0.1) is 0 Å². The van der Waals surface area contributed by atoms with Crippen molar-refractivity contribution in [2.45, 2.75) is 58.1 Å². The summed E-state index contributed by atoms with van der Waals surface area (Å²) in [6.07, 6.45) is 12.3. The van der Waals surface area contributed by atoms with E-state index in [2.05, 4.69) is 22.6 Å². The van der Waals surface area contributed by atoms with Crippen LogP contribution in [0.2, 0.25) is 0 Å². The average Bonchev–Trinajstić information content (AvgIpc) is 2.63. The van der Waals surface area contributed by atoms with Crippen molar-refractivity contribution in [1.29, 1.82) is 0 Å². The molecule has 3 nitrogen and oxygen atoms in total. The Bertz CT molecular complexity index is 381. The van der Waals surface area contributed by atoms with Gasteiger partial charge in [-0.1, -0.05) is 19.4 Å². The predicted octanol–water partition coefficient (Wildman–Crippen LogP) is 3.22. The molecule has 1 aromatic rings. The number of nitrogens with zero attached hydrogens (tertiary/aromatic N) is 2. The van der Waals surface area contributed by atoms with Crippen LogP contribution < -0.4 is 0 Å². The van der Waals surface area contributed by atoms with Gasteiger partial charge in [-0.05, 0) is 37.7 Å². The molecular formula is C14H22N2O. The number of aliphatic hydroxyl groups excluding tert-OH is 1. The van der Waals surface area contributed by atoms with Crippen molar-refractivity contribution in [1.82, 2.24) is 9.55 Å². The summed E-state index contributed by atoms with van der Waals surface area (Å²) in [5, 5.41) is 10.4. The highest BCUT2D eigenvalue weighted by molar-refractivity contribution is 5.19. The van der Waals surface area contributed by atoms with Crippen LogP contribution in [-0.2, 0) is 6.54 Å². The standard InChI is InChI=1S/C14H22N2O/c1-2-9-16-11-15-10-13(16)14(17)12-7-5-3-4-6-8-12/h7,10-11,14,17H,2-6,8-9H2,1H3. The summed E-state index contributed by atoms with van der Waals surface area (Å²) in [6, 6.07) is 0. The number of hydrogen-bond acceptors (Lipinski definition) is 2. The minimum Gasteiger partial charge on any atom is -0.382 e. The summed E-state index contributed by atoms with van der Waals surface area (Å²) < 4.78 is 2.07. The summed E-state index contributed by atoms with van der Waals surface area (Å²) >= 11 is 0. The minimum atomic E-state index is -0.456. The number of rotatable bonds is 4. The van der Waals surface area contributed by atoms with E-state index < -0.39 is 6.10 Å². The number of aromatic nitrogens is 2. The highest BCUT2D eigenvalue weighted by Crippen LogP contribution is 2.28. The van der Waals surface area contributed by atoms with E-state index in [0.717, 1.165) is 31.5 Å². The van der Waals surface area contributed by atoms with E-state index in [1.165, 1.54) is 24.8 Å². The van der Waals surface area contributed by atoms with Gasteiger partial charge in [0.1, 0.15) is 6.10 Å². The Labute approximate surface area is 103 Å². The van der Waals surface area contributed by atoms with Crippen LogP contribution in [0.25, 0.3) is 0 Å². The Balaban J connectivity index is 2.14. The number of imidazole rings is 1. The first-order valence-corrected chi connectivity index (χ1v) is 6.70. The quantitative estimate of drug-likeness (QED) is 0.812. The molecular weight excluding hydrogens is 212 g/mol. The number of allylic oxidation sites excluding steroid dienone is 1. The molecule has 3 heteroatoms. The summed E-state index contributed by atoms with van der Waals surface area (Å²) in [6.45, 7) is 3.07. The molecule has 0 amide bonds. The van der Waals surface area contributed by atoms with Crippen molar-refractivity contribution < 1.29 is 5.11 Å². The van der Waals surface area contributed by atoms with Crippen LogP contribution in [0.4, 0.5) is 0 Å². The smallest absolute Gasteiger partial charge is 0.117 e. The Morgan fingerprint density at radius 2 is 2.29 bits per heavy atom. The molecule has 1 aliphatic rings. The lowest BCUT2D eigenvalue weighted by Gasteiger charge is -2.16. The zero-order chi connectivity index (χ0) is 12.1. The van der Waals surface area contributed by atoms with Gasteiger partial charge in [-0.25, -0.2) is 4.98 Å². The highest BCUT2D eigenvalue weighted by Gasteiger charge is 2.18. The summed E-state index contributed by atoms with van der Waals surface area (Å²) in [4.78, 5) is 4.16. The molecule has 94 valence electrons. The van der Waals surface area contributed by atoms with Gasteiger partial charge in [0.25, 0.3) is 0 Å². The SMILES string of the molecule is CCCn1cncc1C(O)C1=CCCCCC1. The molecule has 1 N–H and O–H groups in total. The number of aliphatic hydroxyl groups is 1. The fraction of sp³-hybridized carbons (Fsp3) is 0.643. The molecule has 0 fully saturated rings. The van der Waals surface area contributed by atoms with E-state index in [1.807, 2.05) is 6.33 Å². The van der Waals surface area contributed by atoms with Crippen LogP contribution in [0.1, 0.15) is 57.2 Å². The van der Waals surface area contributed by atoms with Crippen molar-refractivity contribution in [2.75, 3.05) is 0 Å². The van der Waals surface area contributed by atoms with E-state index in [1.54, 1.807) is 6.20 Å². The Morgan fingerprint density at radius 3 is 3.12 bits per heavy atom. The van der Waals surface area contributed by atoms with Gasteiger partial charge in [0, 0.05) is 6.54 Å². The Kier molecular flexibility index (Phi) is 4.37. The third-order valence-corrected chi connectivity index (χ3v) is 3.42. The Hall–Kier alpha value is -1.09. The zero-order valence-electron chi connectivity index (χ0n) is 10.6. The minimum absolute atomic E-state index is 0.456. The van der Waals surface area contributed by atoms with Crippen LogP contribution >= 0.6 is 0 Å². The molecule has 17 heavy (non-hydrogen) atoms. The van der Waals surface area contributed by atoms with Gasteiger partial charge in [-0.3, -0.25) is 0 Å². The first kappa shape index (κ1) is 12.4. The van der Waals surface area contributed by atoms with Crippen LogP contribution in [-0.4, -0.2) is 14.7 Å². The second-order valence-electron chi connectivity index (χ2n) is 4.79.